The van der Waals surface area contributed by atoms with Crippen molar-refractivity contribution in [2.45, 2.75) is 13.8 Å². The van der Waals surface area contributed by atoms with Crippen molar-refractivity contribution in [1.29, 1.82) is 0 Å². The molecule has 0 heterocycles. The van der Waals surface area contributed by atoms with Crippen LogP contribution in [0.5, 0.6) is 0 Å². The van der Waals surface area contributed by atoms with Crippen molar-refractivity contribution < 1.29 is 33.4 Å². The Morgan fingerprint density at radius 2 is 1.33 bits per heavy atom. The summed E-state index contributed by atoms with van der Waals surface area (Å²) < 4.78 is 12.7. The molecule has 0 unspecified atom stereocenters. The third-order valence-corrected chi connectivity index (χ3v) is 1.00. The molecular formula is C8H10O7. The van der Waals surface area contributed by atoms with Crippen LogP contribution in [0, 0.1) is 0 Å². The van der Waals surface area contributed by atoms with Gasteiger partial charge >= 0.3 is 23.9 Å². The van der Waals surface area contributed by atoms with Crippen LogP contribution in [0.2, 0.25) is 0 Å². The smallest absolute Gasteiger partial charge is 0.351 e. The van der Waals surface area contributed by atoms with Crippen molar-refractivity contribution in [2.75, 3.05) is 13.2 Å². The number of carbonyl (C=O) groups excluding carboxylic acids is 4. The number of hydrogen-bond donors (Lipinski definition) is 0. The maximum Gasteiger partial charge on any atom is 0.351 e. The minimum atomic E-state index is -0.987. The molecule has 0 aliphatic carbocycles. The van der Waals surface area contributed by atoms with Crippen molar-refractivity contribution in [1.82, 2.24) is 0 Å². The Hall–Kier alpha value is -1.92. The molecule has 0 saturated carbocycles. The average Bonchev–Trinajstić information content (AvgIpc) is 2.10. The standard InChI is InChI=1S/C8H10O7/c1-5(9)13-3-7(11)14-4-8(12)15-6(2)10/h3-4H2,1-2H3. The zero-order valence-electron chi connectivity index (χ0n) is 8.27. The minimum Gasteiger partial charge on any atom is -0.454 e. The fourth-order valence-electron chi connectivity index (χ4n) is 0.531. The SMILES string of the molecule is CC(=O)OCC(=O)OCC(=O)OC(C)=O. The predicted octanol–water partition coefficient (Wildman–Crippen LogP) is -0.818. The highest BCUT2D eigenvalue weighted by Crippen LogP contribution is 1.86. The van der Waals surface area contributed by atoms with Crippen LogP contribution in [0.1, 0.15) is 13.8 Å². The molecule has 0 atom stereocenters. The molecule has 0 saturated heterocycles. The molecule has 0 spiro atoms. The zero-order chi connectivity index (χ0) is 11.8. The van der Waals surface area contributed by atoms with Gasteiger partial charge in [0.25, 0.3) is 0 Å². The lowest BCUT2D eigenvalue weighted by Crippen LogP contribution is -2.21. The Bertz CT molecular complexity index is 281. The van der Waals surface area contributed by atoms with Gasteiger partial charge in [0, 0.05) is 13.8 Å². The summed E-state index contributed by atoms with van der Waals surface area (Å²) in [5.74, 6) is -3.32. The van der Waals surface area contributed by atoms with Crippen LogP contribution in [0.3, 0.4) is 0 Å². The van der Waals surface area contributed by atoms with Gasteiger partial charge in [-0.05, 0) is 0 Å². The summed E-state index contributed by atoms with van der Waals surface area (Å²) in [6.07, 6.45) is 0. The summed E-state index contributed by atoms with van der Waals surface area (Å²) in [5, 5.41) is 0. The van der Waals surface area contributed by atoms with Crippen LogP contribution >= 0.6 is 0 Å². The number of hydrogen-bond acceptors (Lipinski definition) is 7. The van der Waals surface area contributed by atoms with Gasteiger partial charge in [0.15, 0.2) is 13.2 Å². The molecule has 0 bridgehead atoms. The number of ether oxygens (including phenoxy) is 3. The van der Waals surface area contributed by atoms with E-state index in [1.54, 1.807) is 0 Å². The number of rotatable bonds is 4. The van der Waals surface area contributed by atoms with Crippen LogP contribution in [-0.4, -0.2) is 37.1 Å². The van der Waals surface area contributed by atoms with E-state index in [0.29, 0.717) is 0 Å². The van der Waals surface area contributed by atoms with E-state index >= 15 is 0 Å². The molecule has 7 heteroatoms. The van der Waals surface area contributed by atoms with E-state index in [0.717, 1.165) is 13.8 Å². The minimum absolute atomic E-state index is 0.581. The summed E-state index contributed by atoms with van der Waals surface area (Å²) in [6, 6.07) is 0. The molecule has 0 radical (unpaired) electrons. The molecular weight excluding hydrogens is 208 g/mol. The Balaban J connectivity index is 3.66. The van der Waals surface area contributed by atoms with Gasteiger partial charge in [-0.3, -0.25) is 9.59 Å². The fourth-order valence-corrected chi connectivity index (χ4v) is 0.531. The molecule has 0 aromatic carbocycles. The Kier molecular flexibility index (Phi) is 5.69. The van der Waals surface area contributed by atoms with Gasteiger partial charge in [-0.1, -0.05) is 0 Å². The molecule has 84 valence electrons. The van der Waals surface area contributed by atoms with E-state index in [9.17, 15) is 19.2 Å². The molecule has 0 fully saturated rings. The van der Waals surface area contributed by atoms with E-state index in [2.05, 4.69) is 14.2 Å². The van der Waals surface area contributed by atoms with Gasteiger partial charge in [-0.25, -0.2) is 9.59 Å². The lowest BCUT2D eigenvalue weighted by atomic mass is 10.6. The van der Waals surface area contributed by atoms with Crippen molar-refractivity contribution in [3.05, 3.63) is 0 Å². The lowest BCUT2D eigenvalue weighted by molar-refractivity contribution is -0.168. The quantitative estimate of drug-likeness (QED) is 0.345. The molecule has 0 aromatic rings. The first-order valence-corrected chi connectivity index (χ1v) is 3.92. The second kappa shape index (κ2) is 6.52. The maximum atomic E-state index is 10.7. The first kappa shape index (κ1) is 13.1. The fraction of sp³-hybridized carbons (Fsp3) is 0.500. The highest BCUT2D eigenvalue weighted by molar-refractivity contribution is 5.86. The molecule has 7 nitrogen and oxygen atoms in total. The van der Waals surface area contributed by atoms with Gasteiger partial charge < -0.3 is 14.2 Å². The van der Waals surface area contributed by atoms with E-state index in [1.807, 2.05) is 0 Å². The van der Waals surface area contributed by atoms with E-state index in [4.69, 9.17) is 0 Å². The Morgan fingerprint density at radius 3 is 1.80 bits per heavy atom. The van der Waals surface area contributed by atoms with Crippen LogP contribution in [-0.2, 0) is 33.4 Å². The monoisotopic (exact) mass is 218 g/mol. The normalized spacial score (nSPS) is 8.93. The van der Waals surface area contributed by atoms with Crippen molar-refractivity contribution in [3.63, 3.8) is 0 Å². The molecule has 0 aromatic heterocycles. The van der Waals surface area contributed by atoms with E-state index in [-0.39, 0.29) is 0 Å². The zero-order valence-corrected chi connectivity index (χ0v) is 8.27. The first-order valence-electron chi connectivity index (χ1n) is 3.92. The van der Waals surface area contributed by atoms with Crippen molar-refractivity contribution in [3.8, 4) is 0 Å². The second-order valence-corrected chi connectivity index (χ2v) is 2.41. The summed E-state index contributed by atoms with van der Waals surface area (Å²) in [4.78, 5) is 41.9. The lowest BCUT2D eigenvalue weighted by Gasteiger charge is -2.03. The van der Waals surface area contributed by atoms with Gasteiger partial charge in [-0.15, -0.1) is 0 Å². The Labute approximate surface area is 85.3 Å². The summed E-state index contributed by atoms with van der Waals surface area (Å²) >= 11 is 0. The highest BCUT2D eigenvalue weighted by Gasteiger charge is 2.11. The second-order valence-electron chi connectivity index (χ2n) is 2.41. The van der Waals surface area contributed by atoms with Crippen molar-refractivity contribution in [2.24, 2.45) is 0 Å². The third-order valence-electron chi connectivity index (χ3n) is 1.00. The first-order chi connectivity index (χ1) is 6.91. The Morgan fingerprint density at radius 1 is 0.800 bits per heavy atom. The summed E-state index contributed by atoms with van der Waals surface area (Å²) in [7, 11) is 0. The summed E-state index contributed by atoms with van der Waals surface area (Å²) in [6.45, 7) is 0.887. The van der Waals surface area contributed by atoms with Crippen LogP contribution in [0.4, 0.5) is 0 Å². The van der Waals surface area contributed by atoms with E-state index in [1.165, 1.54) is 0 Å². The highest BCUT2D eigenvalue weighted by atomic mass is 16.6. The van der Waals surface area contributed by atoms with Crippen molar-refractivity contribution >= 4 is 23.9 Å². The van der Waals surface area contributed by atoms with Gasteiger partial charge in [0.1, 0.15) is 0 Å². The number of carbonyl (C=O) groups is 4. The molecule has 0 rings (SSSR count). The molecule has 0 aliphatic rings. The summed E-state index contributed by atoms with van der Waals surface area (Å²) in [5.41, 5.74) is 0. The molecule has 0 N–H and O–H groups in total. The molecule has 0 amide bonds. The third kappa shape index (κ3) is 8.41. The topological polar surface area (TPSA) is 96.0 Å². The molecule has 15 heavy (non-hydrogen) atoms. The van der Waals surface area contributed by atoms with E-state index < -0.39 is 37.1 Å². The van der Waals surface area contributed by atoms with Crippen LogP contribution in [0.15, 0.2) is 0 Å². The maximum absolute atomic E-state index is 10.7. The largest absolute Gasteiger partial charge is 0.454 e. The molecule has 0 aliphatic heterocycles. The predicted molar refractivity (Wildman–Crippen MR) is 44.4 cm³/mol. The van der Waals surface area contributed by atoms with Gasteiger partial charge in [0.05, 0.1) is 0 Å². The van der Waals surface area contributed by atoms with Gasteiger partial charge in [-0.2, -0.15) is 0 Å². The van der Waals surface area contributed by atoms with Crippen LogP contribution < -0.4 is 0 Å². The van der Waals surface area contributed by atoms with Gasteiger partial charge in [0.2, 0.25) is 0 Å². The number of esters is 4. The van der Waals surface area contributed by atoms with Crippen LogP contribution in [0.25, 0.3) is 0 Å². The average molecular weight is 218 g/mol.